The van der Waals surface area contributed by atoms with Crippen LogP contribution in [0.1, 0.15) is 18.3 Å². The van der Waals surface area contributed by atoms with Crippen LogP contribution in [0.4, 0.5) is 0 Å². The molecule has 21 heavy (non-hydrogen) atoms. The summed E-state index contributed by atoms with van der Waals surface area (Å²) < 4.78 is 1.05. The molecule has 0 amide bonds. The van der Waals surface area contributed by atoms with Gasteiger partial charge < -0.3 is 20.6 Å². The van der Waals surface area contributed by atoms with Crippen LogP contribution in [-0.4, -0.2) is 39.4 Å². The minimum Gasteiger partial charge on any atom is -0.437 e. The second kappa shape index (κ2) is 5.92. The summed E-state index contributed by atoms with van der Waals surface area (Å²) in [5.41, 5.74) is 8.09. The lowest BCUT2D eigenvalue weighted by Crippen LogP contribution is -2.38. The average molecular weight is 349 g/mol. The molecular weight excluding hydrogens is 331 g/mol. The van der Waals surface area contributed by atoms with Gasteiger partial charge in [0.25, 0.3) is 0 Å². The fourth-order valence-electron chi connectivity index (χ4n) is 2.86. The second-order valence-electron chi connectivity index (χ2n) is 5.53. The molecule has 4 N–H and O–H groups in total. The molecule has 0 bridgehead atoms. The van der Waals surface area contributed by atoms with E-state index < -0.39 is 7.05 Å². The van der Waals surface area contributed by atoms with Crippen molar-refractivity contribution < 1.29 is 5.02 Å². The van der Waals surface area contributed by atoms with Gasteiger partial charge in [-0.1, -0.05) is 28.1 Å². The van der Waals surface area contributed by atoms with Gasteiger partial charge in [0.2, 0.25) is 0 Å². The van der Waals surface area contributed by atoms with E-state index in [4.69, 9.17) is 5.73 Å². The molecule has 0 radical (unpaired) electrons. The molecule has 1 aliphatic rings. The van der Waals surface area contributed by atoms with E-state index in [9.17, 15) is 5.02 Å². The number of nitrogens with two attached hydrogens (primary N) is 1. The molecule has 0 aliphatic carbocycles. The standard InChI is InChI=1S/C14H18BBrN4O/c1-15(21)20-8-11(17)6-13(20)14-18-7-12(19-14)9-2-4-10(16)5-3-9/h2-5,7,11,13,21H,6,8,17H2,1H3,(H,18,19)/t11-,13+/m1/s1. The second-order valence-corrected chi connectivity index (χ2v) is 6.44. The maximum absolute atomic E-state index is 9.88. The van der Waals surface area contributed by atoms with E-state index in [-0.39, 0.29) is 12.1 Å². The zero-order valence-electron chi connectivity index (χ0n) is 11.8. The van der Waals surface area contributed by atoms with Gasteiger partial charge in [0.15, 0.2) is 0 Å². The summed E-state index contributed by atoms with van der Waals surface area (Å²) in [5, 5.41) is 9.88. The van der Waals surface area contributed by atoms with Gasteiger partial charge in [-0.15, -0.1) is 0 Å². The quantitative estimate of drug-likeness (QED) is 0.741. The zero-order valence-corrected chi connectivity index (χ0v) is 13.4. The van der Waals surface area contributed by atoms with Crippen molar-refractivity contribution in [2.45, 2.75) is 25.3 Å². The van der Waals surface area contributed by atoms with Crippen LogP contribution >= 0.6 is 15.9 Å². The van der Waals surface area contributed by atoms with Gasteiger partial charge in [0.1, 0.15) is 5.82 Å². The number of benzene rings is 1. The number of rotatable bonds is 3. The lowest BCUT2D eigenvalue weighted by molar-refractivity contribution is 0.341. The largest absolute Gasteiger partial charge is 0.437 e. The van der Waals surface area contributed by atoms with Crippen molar-refractivity contribution in [1.29, 1.82) is 0 Å². The van der Waals surface area contributed by atoms with Crippen LogP contribution in [0.2, 0.25) is 6.82 Å². The molecule has 1 aromatic heterocycles. The zero-order chi connectivity index (χ0) is 15.0. The molecule has 1 fully saturated rings. The summed E-state index contributed by atoms with van der Waals surface area (Å²) in [6.07, 6.45) is 2.64. The Hall–Kier alpha value is -1.15. The Labute approximate surface area is 132 Å². The first-order valence-corrected chi connectivity index (χ1v) is 7.84. The summed E-state index contributed by atoms with van der Waals surface area (Å²) >= 11 is 3.43. The van der Waals surface area contributed by atoms with Gasteiger partial charge in [-0.3, -0.25) is 0 Å². The van der Waals surface area contributed by atoms with Crippen LogP contribution in [0.25, 0.3) is 11.3 Å². The maximum atomic E-state index is 9.88. The van der Waals surface area contributed by atoms with Crippen molar-refractivity contribution in [3.05, 3.63) is 40.8 Å². The molecule has 5 nitrogen and oxygen atoms in total. The number of H-pyrrole nitrogens is 1. The minimum absolute atomic E-state index is 0.0456. The van der Waals surface area contributed by atoms with Crippen LogP contribution in [0, 0.1) is 0 Å². The number of aromatic nitrogens is 2. The summed E-state index contributed by atoms with van der Waals surface area (Å²) in [5.74, 6) is 0.863. The van der Waals surface area contributed by atoms with E-state index in [1.807, 2.05) is 35.3 Å². The van der Waals surface area contributed by atoms with E-state index in [0.717, 1.165) is 28.0 Å². The van der Waals surface area contributed by atoms with Crippen LogP contribution < -0.4 is 5.73 Å². The van der Waals surface area contributed by atoms with Gasteiger partial charge in [-0.25, -0.2) is 4.98 Å². The highest BCUT2D eigenvalue weighted by atomic mass is 79.9. The van der Waals surface area contributed by atoms with Gasteiger partial charge in [0.05, 0.1) is 17.9 Å². The summed E-state index contributed by atoms with van der Waals surface area (Å²) in [6, 6.07) is 8.20. The minimum atomic E-state index is -0.523. The summed E-state index contributed by atoms with van der Waals surface area (Å²) in [6.45, 7) is 2.46. The number of halogens is 1. The fraction of sp³-hybridized carbons (Fsp3) is 0.357. The molecule has 3 rings (SSSR count). The topological polar surface area (TPSA) is 78.2 Å². The number of nitrogens with one attached hydrogen (secondary N) is 1. The lowest BCUT2D eigenvalue weighted by Gasteiger charge is -2.23. The first kappa shape index (κ1) is 14.8. The van der Waals surface area contributed by atoms with Crippen molar-refractivity contribution in [3.63, 3.8) is 0 Å². The van der Waals surface area contributed by atoms with E-state index >= 15 is 0 Å². The first-order chi connectivity index (χ1) is 10.0. The SMILES string of the molecule is CB(O)N1C[C@H](N)C[C@H]1c1ncc(-c2ccc(Br)cc2)[nH]1. The molecule has 0 unspecified atom stereocenters. The highest BCUT2D eigenvalue weighted by molar-refractivity contribution is 9.10. The number of hydrogen-bond donors (Lipinski definition) is 3. The third kappa shape index (κ3) is 3.06. The molecule has 0 spiro atoms. The number of nitrogens with zero attached hydrogens (tertiary/aromatic N) is 2. The third-order valence-electron chi connectivity index (χ3n) is 3.92. The van der Waals surface area contributed by atoms with E-state index in [0.29, 0.717) is 6.54 Å². The Balaban J connectivity index is 1.86. The molecule has 1 saturated heterocycles. The van der Waals surface area contributed by atoms with Crippen molar-refractivity contribution in [2.24, 2.45) is 5.73 Å². The van der Waals surface area contributed by atoms with Crippen LogP contribution in [-0.2, 0) is 0 Å². The van der Waals surface area contributed by atoms with E-state index in [1.54, 1.807) is 6.82 Å². The van der Waals surface area contributed by atoms with E-state index in [2.05, 4.69) is 25.9 Å². The molecule has 2 atom stereocenters. The molecule has 110 valence electrons. The monoisotopic (exact) mass is 348 g/mol. The predicted octanol–water partition coefficient (Wildman–Crippen LogP) is 2.02. The maximum Gasteiger partial charge on any atom is 0.377 e. The molecule has 0 saturated carbocycles. The average Bonchev–Trinajstić information content (AvgIpc) is 3.06. The van der Waals surface area contributed by atoms with Gasteiger partial charge >= 0.3 is 7.05 Å². The summed E-state index contributed by atoms with van der Waals surface area (Å²) in [4.78, 5) is 9.83. The number of imidazole rings is 1. The van der Waals surface area contributed by atoms with Gasteiger partial charge in [-0.05, 0) is 30.9 Å². The normalized spacial score (nSPS) is 22.7. The highest BCUT2D eigenvalue weighted by Gasteiger charge is 2.36. The van der Waals surface area contributed by atoms with E-state index in [1.165, 1.54) is 0 Å². The molecular formula is C14H18BBrN4O. The molecule has 7 heteroatoms. The molecule has 2 aromatic rings. The lowest BCUT2D eigenvalue weighted by atomic mass is 9.84. The highest BCUT2D eigenvalue weighted by Crippen LogP contribution is 2.31. The Kier molecular flexibility index (Phi) is 4.17. The Morgan fingerprint density at radius 3 is 2.81 bits per heavy atom. The van der Waals surface area contributed by atoms with Crippen molar-refractivity contribution in [1.82, 2.24) is 14.8 Å². The molecule has 2 heterocycles. The molecule has 1 aliphatic heterocycles. The van der Waals surface area contributed by atoms with Gasteiger partial charge in [-0.2, -0.15) is 0 Å². The first-order valence-electron chi connectivity index (χ1n) is 7.05. The van der Waals surface area contributed by atoms with Crippen LogP contribution in [0.3, 0.4) is 0 Å². The fourth-order valence-corrected chi connectivity index (χ4v) is 3.12. The Morgan fingerprint density at radius 2 is 2.14 bits per heavy atom. The number of hydrogen-bond acceptors (Lipinski definition) is 4. The van der Waals surface area contributed by atoms with Crippen LogP contribution in [0.5, 0.6) is 0 Å². The summed E-state index contributed by atoms with van der Waals surface area (Å²) in [7, 11) is -0.523. The van der Waals surface area contributed by atoms with Crippen LogP contribution in [0.15, 0.2) is 34.9 Å². The van der Waals surface area contributed by atoms with Gasteiger partial charge in [0, 0.05) is 17.1 Å². The Morgan fingerprint density at radius 1 is 1.43 bits per heavy atom. The number of aromatic amines is 1. The smallest absolute Gasteiger partial charge is 0.377 e. The van der Waals surface area contributed by atoms with Crippen molar-refractivity contribution >= 4 is 23.0 Å². The Bertz CT molecular complexity index is 616. The third-order valence-corrected chi connectivity index (χ3v) is 4.45. The predicted molar refractivity (Wildman–Crippen MR) is 87.6 cm³/mol. The van der Waals surface area contributed by atoms with Crippen molar-refractivity contribution in [2.75, 3.05) is 6.54 Å². The van der Waals surface area contributed by atoms with Crippen molar-refractivity contribution in [3.8, 4) is 11.3 Å². The molecule has 1 aromatic carbocycles.